The molecule has 1 rings (SSSR count). The molecule has 0 spiro atoms. The fourth-order valence-electron chi connectivity index (χ4n) is 0.923. The van der Waals surface area contributed by atoms with Gasteiger partial charge < -0.3 is 16.6 Å². The lowest BCUT2D eigenvalue weighted by atomic mass is 10.1. The lowest BCUT2D eigenvalue weighted by Gasteiger charge is -2.08. The fourth-order valence-corrected chi connectivity index (χ4v) is 0.923. The molecule has 0 saturated carbocycles. The molecule has 0 radical (unpaired) electrons. The molecule has 0 aliphatic carbocycles. The van der Waals surface area contributed by atoms with Crippen LogP contribution < -0.4 is 11.5 Å². The zero-order chi connectivity index (χ0) is 8.97. The van der Waals surface area contributed by atoms with Crippen LogP contribution in [0, 0.1) is 0 Å². The Morgan fingerprint density at radius 2 is 2.25 bits per heavy atom. The Labute approximate surface area is 71.2 Å². The number of aliphatic hydroxyl groups excluding tert-OH is 1. The molecule has 0 aliphatic heterocycles. The van der Waals surface area contributed by atoms with Crippen molar-refractivity contribution in [2.75, 3.05) is 12.3 Å². The molecular formula is C8H13N3O. The van der Waals surface area contributed by atoms with Gasteiger partial charge in [-0.25, -0.2) is 0 Å². The first-order chi connectivity index (χ1) is 5.74. The van der Waals surface area contributed by atoms with Crippen molar-refractivity contribution in [3.8, 4) is 0 Å². The maximum atomic E-state index is 8.62. The van der Waals surface area contributed by atoms with Crippen molar-refractivity contribution < 1.29 is 5.11 Å². The largest absolute Gasteiger partial charge is 0.397 e. The van der Waals surface area contributed by atoms with E-state index in [1.165, 1.54) is 0 Å². The number of nitrogen functional groups attached to an aromatic ring is 1. The molecule has 4 heteroatoms. The maximum Gasteiger partial charge on any atom is 0.0573 e. The van der Waals surface area contributed by atoms with E-state index in [-0.39, 0.29) is 12.6 Å². The van der Waals surface area contributed by atoms with Gasteiger partial charge >= 0.3 is 0 Å². The van der Waals surface area contributed by atoms with Gasteiger partial charge in [0.1, 0.15) is 0 Å². The summed E-state index contributed by atoms with van der Waals surface area (Å²) in [5.74, 6) is 0. The average Bonchev–Trinajstić information content (AvgIpc) is 2.06. The highest BCUT2D eigenvalue weighted by Gasteiger charge is 2.05. The number of aliphatic hydroxyl groups is 1. The van der Waals surface area contributed by atoms with E-state index in [2.05, 4.69) is 4.98 Å². The Kier molecular flexibility index (Phi) is 3.01. The van der Waals surface area contributed by atoms with Crippen LogP contribution in [-0.4, -0.2) is 16.7 Å². The second-order valence-electron chi connectivity index (χ2n) is 2.64. The number of pyridine rings is 1. The third kappa shape index (κ3) is 2.18. The van der Waals surface area contributed by atoms with Crippen molar-refractivity contribution >= 4 is 5.69 Å². The summed E-state index contributed by atoms with van der Waals surface area (Å²) in [6, 6.07) is 3.32. The summed E-state index contributed by atoms with van der Waals surface area (Å²) in [4.78, 5) is 4.04. The second-order valence-corrected chi connectivity index (χ2v) is 2.64. The Hall–Kier alpha value is -1.13. The predicted octanol–water partition coefficient (Wildman–Crippen LogP) is 0.0460. The lowest BCUT2D eigenvalue weighted by Crippen LogP contribution is -2.13. The third-order valence-corrected chi connectivity index (χ3v) is 1.63. The summed E-state index contributed by atoms with van der Waals surface area (Å²) in [6.07, 6.45) is 2.09. The summed E-state index contributed by atoms with van der Waals surface area (Å²) >= 11 is 0. The van der Waals surface area contributed by atoms with Crippen LogP contribution in [0.15, 0.2) is 18.3 Å². The van der Waals surface area contributed by atoms with E-state index in [4.69, 9.17) is 16.6 Å². The highest BCUT2D eigenvalue weighted by atomic mass is 16.3. The molecule has 1 aromatic heterocycles. The first kappa shape index (κ1) is 8.96. The standard InChI is InChI=1S/C8H13N3O/c9-6-1-2-8(11-5-6)7(10)3-4-12/h1-2,5,7,12H,3-4,9-10H2/t7-/m0/s1. The van der Waals surface area contributed by atoms with Crippen LogP contribution in [-0.2, 0) is 0 Å². The van der Waals surface area contributed by atoms with Gasteiger partial charge in [0.15, 0.2) is 0 Å². The number of hydrogen-bond donors (Lipinski definition) is 3. The van der Waals surface area contributed by atoms with Gasteiger partial charge in [-0.2, -0.15) is 0 Å². The van der Waals surface area contributed by atoms with Crippen molar-refractivity contribution in [1.82, 2.24) is 4.98 Å². The van der Waals surface area contributed by atoms with E-state index >= 15 is 0 Å². The quantitative estimate of drug-likeness (QED) is 0.593. The summed E-state index contributed by atoms with van der Waals surface area (Å²) in [5, 5.41) is 8.62. The van der Waals surface area contributed by atoms with E-state index in [9.17, 15) is 0 Å². The Balaban J connectivity index is 2.68. The minimum absolute atomic E-state index is 0.0766. The number of nitrogens with two attached hydrogens (primary N) is 2. The first-order valence-electron chi connectivity index (χ1n) is 3.82. The normalized spacial score (nSPS) is 12.8. The molecule has 1 atom stereocenters. The molecule has 0 fully saturated rings. The SMILES string of the molecule is Nc1ccc([C@@H](N)CCO)nc1. The number of rotatable bonds is 3. The van der Waals surface area contributed by atoms with Gasteiger partial charge in [0.2, 0.25) is 0 Å². The van der Waals surface area contributed by atoms with Crippen LogP contribution in [0.25, 0.3) is 0 Å². The number of hydrogen-bond acceptors (Lipinski definition) is 4. The van der Waals surface area contributed by atoms with E-state index in [0.29, 0.717) is 12.1 Å². The zero-order valence-corrected chi connectivity index (χ0v) is 6.77. The van der Waals surface area contributed by atoms with Gasteiger partial charge in [-0.1, -0.05) is 0 Å². The number of anilines is 1. The smallest absolute Gasteiger partial charge is 0.0573 e. The molecule has 0 unspecified atom stereocenters. The molecule has 66 valence electrons. The topological polar surface area (TPSA) is 85.2 Å². The van der Waals surface area contributed by atoms with E-state index in [1.54, 1.807) is 18.3 Å². The number of aromatic nitrogens is 1. The summed E-state index contributed by atoms with van der Waals surface area (Å²) in [5.41, 5.74) is 12.5. The maximum absolute atomic E-state index is 8.62. The lowest BCUT2D eigenvalue weighted by molar-refractivity contribution is 0.275. The Morgan fingerprint density at radius 1 is 1.50 bits per heavy atom. The molecule has 1 heterocycles. The molecule has 5 N–H and O–H groups in total. The fraction of sp³-hybridized carbons (Fsp3) is 0.375. The van der Waals surface area contributed by atoms with Crippen molar-refractivity contribution in [3.63, 3.8) is 0 Å². The van der Waals surface area contributed by atoms with Gasteiger partial charge in [0.25, 0.3) is 0 Å². The van der Waals surface area contributed by atoms with Gasteiger partial charge in [0.05, 0.1) is 17.6 Å². The van der Waals surface area contributed by atoms with Gasteiger partial charge in [-0.05, 0) is 18.6 Å². The molecule has 0 aliphatic rings. The molecule has 0 aromatic carbocycles. The molecule has 0 saturated heterocycles. The molecule has 4 nitrogen and oxygen atoms in total. The predicted molar refractivity (Wildman–Crippen MR) is 47.3 cm³/mol. The van der Waals surface area contributed by atoms with E-state index < -0.39 is 0 Å². The van der Waals surface area contributed by atoms with Crippen LogP contribution in [0.1, 0.15) is 18.2 Å². The number of nitrogens with zero attached hydrogens (tertiary/aromatic N) is 1. The van der Waals surface area contributed by atoms with Crippen LogP contribution in [0.4, 0.5) is 5.69 Å². The summed E-state index contributed by atoms with van der Waals surface area (Å²) < 4.78 is 0. The first-order valence-corrected chi connectivity index (χ1v) is 3.82. The molecule has 0 bridgehead atoms. The summed E-state index contributed by atoms with van der Waals surface area (Å²) in [7, 11) is 0. The van der Waals surface area contributed by atoms with Crippen LogP contribution >= 0.6 is 0 Å². The van der Waals surface area contributed by atoms with Crippen molar-refractivity contribution in [3.05, 3.63) is 24.0 Å². The monoisotopic (exact) mass is 167 g/mol. The second kappa shape index (κ2) is 4.04. The molecule has 12 heavy (non-hydrogen) atoms. The van der Waals surface area contributed by atoms with Gasteiger partial charge in [-0.15, -0.1) is 0 Å². The molecule has 0 amide bonds. The molecule has 1 aromatic rings. The minimum Gasteiger partial charge on any atom is -0.397 e. The average molecular weight is 167 g/mol. The van der Waals surface area contributed by atoms with Crippen molar-refractivity contribution in [1.29, 1.82) is 0 Å². The Morgan fingerprint density at radius 3 is 2.75 bits per heavy atom. The van der Waals surface area contributed by atoms with Crippen LogP contribution in [0.5, 0.6) is 0 Å². The highest BCUT2D eigenvalue weighted by molar-refractivity contribution is 5.34. The van der Waals surface area contributed by atoms with E-state index in [0.717, 1.165) is 5.69 Å². The zero-order valence-electron chi connectivity index (χ0n) is 6.77. The van der Waals surface area contributed by atoms with Crippen molar-refractivity contribution in [2.45, 2.75) is 12.5 Å². The van der Waals surface area contributed by atoms with Crippen LogP contribution in [0.2, 0.25) is 0 Å². The minimum atomic E-state index is -0.199. The van der Waals surface area contributed by atoms with Crippen molar-refractivity contribution in [2.24, 2.45) is 5.73 Å². The third-order valence-electron chi connectivity index (χ3n) is 1.63. The summed E-state index contributed by atoms with van der Waals surface area (Å²) in [6.45, 7) is 0.0766. The molecular weight excluding hydrogens is 154 g/mol. The van der Waals surface area contributed by atoms with Crippen LogP contribution in [0.3, 0.4) is 0 Å². The van der Waals surface area contributed by atoms with E-state index in [1.807, 2.05) is 0 Å². The van der Waals surface area contributed by atoms with Gasteiger partial charge in [0, 0.05) is 12.6 Å². The van der Waals surface area contributed by atoms with Gasteiger partial charge in [-0.3, -0.25) is 4.98 Å². The Bertz CT molecular complexity index is 235. The highest BCUT2D eigenvalue weighted by Crippen LogP contribution is 2.11.